The Labute approximate surface area is 248 Å². The average molecular weight is 573 g/mol. The minimum Gasteiger partial charge on any atom is -0.389 e. The maximum atomic E-state index is 13.5. The van der Waals surface area contributed by atoms with Gasteiger partial charge in [-0.25, -0.2) is 5.10 Å². The number of hydrogen-bond donors (Lipinski definition) is 3. The van der Waals surface area contributed by atoms with E-state index in [0.717, 1.165) is 53.4 Å². The van der Waals surface area contributed by atoms with E-state index in [9.17, 15) is 20.0 Å². The number of hydrogen-bond acceptors (Lipinski definition) is 6. The summed E-state index contributed by atoms with van der Waals surface area (Å²) in [7, 11) is 0. The van der Waals surface area contributed by atoms with E-state index in [-0.39, 0.29) is 29.5 Å². The second kappa shape index (κ2) is 9.89. The van der Waals surface area contributed by atoms with Crippen LogP contribution in [0.4, 0.5) is 0 Å². The van der Waals surface area contributed by atoms with Crippen LogP contribution in [-0.2, 0) is 6.54 Å². The van der Waals surface area contributed by atoms with Crippen LogP contribution in [0.15, 0.2) is 71.5 Å². The van der Waals surface area contributed by atoms with Gasteiger partial charge in [-0.2, -0.15) is 15.5 Å². The Balaban J connectivity index is 1.09. The van der Waals surface area contributed by atoms with Gasteiger partial charge >= 0.3 is 0 Å². The Morgan fingerprint density at radius 1 is 1.07 bits per heavy atom. The number of aromatic nitrogens is 4. The summed E-state index contributed by atoms with van der Waals surface area (Å²) in [5.41, 5.74) is 3.20. The number of amides is 1. The van der Waals surface area contributed by atoms with Gasteiger partial charge in [-0.3, -0.25) is 14.3 Å². The maximum absolute atomic E-state index is 13.5. The van der Waals surface area contributed by atoms with Crippen molar-refractivity contribution in [3.8, 4) is 17.2 Å². The van der Waals surface area contributed by atoms with Crippen LogP contribution in [0.1, 0.15) is 67.2 Å². The van der Waals surface area contributed by atoms with E-state index in [1.165, 1.54) is 0 Å². The lowest BCUT2D eigenvalue weighted by atomic mass is 9.49. The van der Waals surface area contributed by atoms with Crippen molar-refractivity contribution < 1.29 is 9.90 Å². The van der Waals surface area contributed by atoms with Gasteiger partial charge in [0.2, 0.25) is 0 Å². The third-order valence-corrected chi connectivity index (χ3v) is 9.03. The third kappa shape index (κ3) is 4.78. The molecule has 0 bridgehead atoms. The molecule has 2 aliphatic rings. The van der Waals surface area contributed by atoms with Crippen molar-refractivity contribution in [2.45, 2.75) is 63.6 Å². The molecule has 1 amide bonds. The Morgan fingerprint density at radius 2 is 1.79 bits per heavy atom. The number of nitrogens with one attached hydrogen (secondary N) is 2. The molecule has 7 rings (SSSR count). The number of carbonyl (C=O) groups is 1. The highest BCUT2D eigenvalue weighted by atomic mass is 16.3. The monoisotopic (exact) mass is 572 g/mol. The molecule has 9 nitrogen and oxygen atoms in total. The SMILES string of the molecule is CC(C)(O)Cn1nc(C(=O)NC2CC3(C2)CC(c2n[nH]c(=O)c4ccccc24)C3)c2ccc(-c3ccccc3C#N)cc21. The van der Waals surface area contributed by atoms with Crippen LogP contribution in [0.3, 0.4) is 0 Å². The molecule has 0 atom stereocenters. The highest BCUT2D eigenvalue weighted by Gasteiger charge is 2.54. The van der Waals surface area contributed by atoms with Gasteiger partial charge in [0.1, 0.15) is 0 Å². The fourth-order valence-electron chi connectivity index (χ4n) is 7.13. The summed E-state index contributed by atoms with van der Waals surface area (Å²) in [6.45, 7) is 3.63. The topological polar surface area (TPSA) is 137 Å². The maximum Gasteiger partial charge on any atom is 0.272 e. The highest BCUT2D eigenvalue weighted by molar-refractivity contribution is 6.06. The molecule has 2 fully saturated rings. The molecule has 2 aromatic heterocycles. The van der Waals surface area contributed by atoms with Crippen LogP contribution in [0.2, 0.25) is 0 Å². The molecular formula is C34H32N6O3. The van der Waals surface area contributed by atoms with E-state index in [1.807, 2.05) is 60.7 Å². The molecule has 0 aliphatic heterocycles. The second-order valence-electron chi connectivity index (χ2n) is 12.9. The molecule has 2 heterocycles. The first-order chi connectivity index (χ1) is 20.6. The number of benzene rings is 3. The average Bonchev–Trinajstić information content (AvgIpc) is 3.30. The highest BCUT2D eigenvalue weighted by Crippen LogP contribution is 2.62. The standard InChI is InChI=1S/C34H32N6O3/c1-33(2,43)19-40-28-13-20(24-8-4-3-7-21(24)18-35)11-12-27(28)30(39-40)32(42)36-23-16-34(17-23)14-22(15-34)29-25-9-5-6-10-26(25)31(41)38-37-29/h3-13,22-23,43H,14-17,19H2,1-2H3,(H,36,42)(H,38,41). The van der Waals surface area contributed by atoms with E-state index in [2.05, 4.69) is 26.7 Å². The fourth-order valence-corrected chi connectivity index (χ4v) is 7.13. The molecule has 0 unspecified atom stereocenters. The summed E-state index contributed by atoms with van der Waals surface area (Å²) < 4.78 is 1.68. The molecule has 216 valence electrons. The molecular weight excluding hydrogens is 540 g/mol. The van der Waals surface area contributed by atoms with Crippen molar-refractivity contribution >= 4 is 27.6 Å². The van der Waals surface area contributed by atoms with Crippen molar-refractivity contribution in [1.29, 1.82) is 5.26 Å². The minimum atomic E-state index is -1.04. The summed E-state index contributed by atoms with van der Waals surface area (Å²) >= 11 is 0. The molecule has 5 aromatic rings. The van der Waals surface area contributed by atoms with Crippen LogP contribution in [-0.4, -0.2) is 42.6 Å². The van der Waals surface area contributed by atoms with Crippen molar-refractivity contribution in [3.63, 3.8) is 0 Å². The van der Waals surface area contributed by atoms with Gasteiger partial charge in [-0.15, -0.1) is 0 Å². The summed E-state index contributed by atoms with van der Waals surface area (Å²) in [4.78, 5) is 25.7. The van der Waals surface area contributed by atoms with Gasteiger partial charge in [-0.1, -0.05) is 42.5 Å². The molecule has 2 saturated carbocycles. The summed E-state index contributed by atoms with van der Waals surface area (Å²) in [6.07, 6.45) is 3.76. The Hall–Kier alpha value is -4.81. The zero-order chi connectivity index (χ0) is 29.9. The lowest BCUT2D eigenvalue weighted by Gasteiger charge is -2.57. The molecule has 0 saturated heterocycles. The Kier molecular flexibility index (Phi) is 6.22. The molecule has 3 aromatic carbocycles. The summed E-state index contributed by atoms with van der Waals surface area (Å²) in [5, 5.41) is 37.4. The normalized spacial score (nSPS) is 21.3. The van der Waals surface area contributed by atoms with Crippen LogP contribution in [0.5, 0.6) is 0 Å². The number of nitrogens with zero attached hydrogens (tertiary/aromatic N) is 4. The van der Waals surface area contributed by atoms with Crippen molar-refractivity contribution in [2.24, 2.45) is 5.41 Å². The van der Waals surface area contributed by atoms with Crippen LogP contribution < -0.4 is 10.9 Å². The van der Waals surface area contributed by atoms with Gasteiger partial charge in [-0.05, 0) is 80.3 Å². The van der Waals surface area contributed by atoms with E-state index in [1.54, 1.807) is 24.6 Å². The quantitative estimate of drug-likeness (QED) is 0.261. The zero-order valence-corrected chi connectivity index (χ0v) is 24.1. The number of aliphatic hydroxyl groups is 1. The van der Waals surface area contributed by atoms with E-state index in [0.29, 0.717) is 27.9 Å². The molecule has 3 N–H and O–H groups in total. The first-order valence-electron chi connectivity index (χ1n) is 14.6. The number of rotatable bonds is 6. The Bertz CT molecular complexity index is 2000. The number of nitriles is 1. The lowest BCUT2D eigenvalue weighted by molar-refractivity contribution is -0.0197. The fraction of sp³-hybridized carbons (Fsp3) is 0.324. The van der Waals surface area contributed by atoms with Gasteiger partial charge in [0.15, 0.2) is 5.69 Å². The van der Waals surface area contributed by atoms with Crippen LogP contribution >= 0.6 is 0 Å². The predicted octanol–water partition coefficient (Wildman–Crippen LogP) is 5.04. The predicted molar refractivity (Wildman–Crippen MR) is 163 cm³/mol. The van der Waals surface area contributed by atoms with Crippen LogP contribution in [0.25, 0.3) is 32.8 Å². The summed E-state index contributed by atoms with van der Waals surface area (Å²) in [5.74, 6) is 0.0638. The van der Waals surface area contributed by atoms with E-state index in [4.69, 9.17) is 0 Å². The van der Waals surface area contributed by atoms with Crippen molar-refractivity contribution in [3.05, 3.63) is 94.0 Å². The van der Waals surface area contributed by atoms with Gasteiger partial charge in [0, 0.05) is 22.7 Å². The first kappa shape index (κ1) is 27.0. The van der Waals surface area contributed by atoms with Gasteiger partial charge in [0.05, 0.1) is 40.4 Å². The third-order valence-electron chi connectivity index (χ3n) is 9.03. The number of H-pyrrole nitrogens is 1. The van der Waals surface area contributed by atoms with Gasteiger partial charge < -0.3 is 10.4 Å². The number of fused-ring (bicyclic) bond motifs is 2. The molecule has 43 heavy (non-hydrogen) atoms. The molecule has 1 spiro atoms. The summed E-state index contributed by atoms with van der Waals surface area (Å²) in [6, 6.07) is 23.0. The Morgan fingerprint density at radius 3 is 2.53 bits per heavy atom. The van der Waals surface area contributed by atoms with E-state index >= 15 is 0 Å². The van der Waals surface area contributed by atoms with Crippen molar-refractivity contribution in [2.75, 3.05) is 0 Å². The molecule has 9 heteroatoms. The zero-order valence-electron chi connectivity index (χ0n) is 24.1. The second-order valence-corrected chi connectivity index (χ2v) is 12.9. The number of aromatic amines is 1. The molecule has 0 radical (unpaired) electrons. The smallest absolute Gasteiger partial charge is 0.272 e. The lowest BCUT2D eigenvalue weighted by Crippen LogP contribution is -2.55. The van der Waals surface area contributed by atoms with Crippen molar-refractivity contribution in [1.82, 2.24) is 25.3 Å². The molecule has 2 aliphatic carbocycles. The van der Waals surface area contributed by atoms with Gasteiger partial charge in [0.25, 0.3) is 11.5 Å². The van der Waals surface area contributed by atoms with Crippen LogP contribution in [0, 0.1) is 16.7 Å². The number of carbonyl (C=O) groups excluding carboxylic acids is 1. The minimum absolute atomic E-state index is 0.0602. The van der Waals surface area contributed by atoms with E-state index < -0.39 is 5.60 Å². The first-order valence-corrected chi connectivity index (χ1v) is 14.6. The largest absolute Gasteiger partial charge is 0.389 e.